The Labute approximate surface area is 177 Å². The van der Waals surface area contributed by atoms with Crippen molar-refractivity contribution in [3.63, 3.8) is 0 Å². The normalized spacial score (nSPS) is 11.6. The molecule has 0 saturated carbocycles. The van der Waals surface area contributed by atoms with Gasteiger partial charge in [-0.3, -0.25) is 0 Å². The first kappa shape index (κ1) is 23.1. The largest absolute Gasteiger partial charge is 0.493 e. The Kier molecular flexibility index (Phi) is 8.53. The fourth-order valence-corrected chi connectivity index (χ4v) is 2.97. The van der Waals surface area contributed by atoms with Crippen molar-refractivity contribution < 1.29 is 24.2 Å². The summed E-state index contributed by atoms with van der Waals surface area (Å²) in [6.07, 6.45) is 1.87. The molecule has 7 nitrogen and oxygen atoms in total. The zero-order valence-electron chi connectivity index (χ0n) is 17.9. The summed E-state index contributed by atoms with van der Waals surface area (Å²) in [4.78, 5) is 24.2. The summed E-state index contributed by atoms with van der Waals surface area (Å²) in [5.74, 6) is 0.0849. The van der Waals surface area contributed by atoms with Crippen LogP contribution in [0.1, 0.15) is 55.6 Å². The minimum Gasteiger partial charge on any atom is -0.493 e. The molecule has 3 N–H and O–H groups in total. The molecular weight excluding hydrogens is 384 g/mol. The maximum atomic E-state index is 12.5. The van der Waals surface area contributed by atoms with Crippen molar-refractivity contribution >= 4 is 17.7 Å². The minimum atomic E-state index is -1.17. The summed E-state index contributed by atoms with van der Waals surface area (Å²) in [5, 5.41) is 15.0. The van der Waals surface area contributed by atoms with Gasteiger partial charge in [-0.25, -0.2) is 9.59 Å². The Morgan fingerprint density at radius 2 is 1.77 bits per heavy atom. The van der Waals surface area contributed by atoms with Crippen LogP contribution in [0, 0.1) is 5.92 Å². The molecule has 0 saturated heterocycles. The number of amides is 2. The Morgan fingerprint density at radius 1 is 1.07 bits per heavy atom. The van der Waals surface area contributed by atoms with Crippen LogP contribution in [0.2, 0.25) is 0 Å². The molecule has 1 atom stereocenters. The Morgan fingerprint density at radius 3 is 2.37 bits per heavy atom. The SMILES string of the molecule is COc1cc(C(=O)O)c(NC(=O)N[C@@H](C)c2ccccc2)cc1OCCCC(C)C. The quantitative estimate of drug-likeness (QED) is 0.471. The van der Waals surface area contributed by atoms with Crippen LogP contribution in [0.5, 0.6) is 11.5 Å². The molecule has 0 aliphatic carbocycles. The second-order valence-corrected chi connectivity index (χ2v) is 7.47. The average molecular weight is 415 g/mol. The number of carbonyl (C=O) groups is 2. The second kappa shape index (κ2) is 11.1. The first-order chi connectivity index (χ1) is 14.3. The van der Waals surface area contributed by atoms with Crippen LogP contribution in [-0.2, 0) is 0 Å². The smallest absolute Gasteiger partial charge is 0.337 e. The zero-order valence-corrected chi connectivity index (χ0v) is 17.9. The standard InChI is InChI=1S/C23H30N2O5/c1-15(2)9-8-12-30-21-14-19(18(22(26)27)13-20(21)29-4)25-23(28)24-16(3)17-10-6-5-7-11-17/h5-7,10-11,13-16H,8-9,12H2,1-4H3,(H,26,27)(H2,24,25,28)/t16-/m0/s1. The summed E-state index contributed by atoms with van der Waals surface area (Å²) in [7, 11) is 1.45. The third-order valence-electron chi connectivity index (χ3n) is 4.61. The van der Waals surface area contributed by atoms with Gasteiger partial charge in [0.15, 0.2) is 11.5 Å². The molecule has 0 fully saturated rings. The summed E-state index contributed by atoms with van der Waals surface area (Å²) in [6.45, 7) is 6.60. The third kappa shape index (κ3) is 6.69. The summed E-state index contributed by atoms with van der Waals surface area (Å²) in [6, 6.07) is 11.6. The van der Waals surface area contributed by atoms with E-state index < -0.39 is 12.0 Å². The molecule has 0 radical (unpaired) electrons. The number of hydrogen-bond donors (Lipinski definition) is 3. The van der Waals surface area contributed by atoms with Crippen LogP contribution in [0.4, 0.5) is 10.5 Å². The fourth-order valence-electron chi connectivity index (χ4n) is 2.97. The number of carboxylic acids is 1. The lowest BCUT2D eigenvalue weighted by molar-refractivity contribution is 0.0697. The molecule has 162 valence electrons. The van der Waals surface area contributed by atoms with Crippen LogP contribution in [0.25, 0.3) is 0 Å². The van der Waals surface area contributed by atoms with Crippen molar-refractivity contribution in [1.29, 1.82) is 0 Å². The lowest BCUT2D eigenvalue weighted by atomic mass is 10.1. The molecule has 0 aliphatic heterocycles. The molecule has 0 bridgehead atoms. The maximum Gasteiger partial charge on any atom is 0.337 e. The maximum absolute atomic E-state index is 12.5. The molecular formula is C23H30N2O5. The van der Waals surface area contributed by atoms with E-state index in [-0.39, 0.29) is 17.3 Å². The molecule has 2 rings (SSSR count). The number of methoxy groups -OCH3 is 1. The number of aromatic carboxylic acids is 1. The number of hydrogen-bond acceptors (Lipinski definition) is 4. The number of anilines is 1. The summed E-state index contributed by atoms with van der Waals surface area (Å²) >= 11 is 0. The number of carbonyl (C=O) groups excluding carboxylic acids is 1. The van der Waals surface area contributed by atoms with Gasteiger partial charge in [0.1, 0.15) is 0 Å². The highest BCUT2D eigenvalue weighted by Gasteiger charge is 2.19. The van der Waals surface area contributed by atoms with Gasteiger partial charge in [-0.15, -0.1) is 0 Å². The molecule has 0 heterocycles. The highest BCUT2D eigenvalue weighted by molar-refractivity contribution is 6.01. The van der Waals surface area contributed by atoms with Gasteiger partial charge in [-0.2, -0.15) is 0 Å². The molecule has 2 aromatic carbocycles. The topological polar surface area (TPSA) is 96.9 Å². The van der Waals surface area contributed by atoms with Gasteiger partial charge in [0.2, 0.25) is 0 Å². The van der Waals surface area contributed by atoms with Crippen LogP contribution in [0.15, 0.2) is 42.5 Å². The van der Waals surface area contributed by atoms with E-state index in [1.54, 1.807) is 0 Å². The molecule has 0 spiro atoms. The summed E-state index contributed by atoms with van der Waals surface area (Å²) in [5.41, 5.74) is 0.999. The molecule has 2 amide bonds. The van der Waals surface area contributed by atoms with E-state index in [2.05, 4.69) is 24.5 Å². The molecule has 0 unspecified atom stereocenters. The van der Waals surface area contributed by atoms with Gasteiger partial charge in [0.25, 0.3) is 0 Å². The van der Waals surface area contributed by atoms with Crippen LogP contribution >= 0.6 is 0 Å². The van der Waals surface area contributed by atoms with Crippen LogP contribution in [0.3, 0.4) is 0 Å². The van der Waals surface area contributed by atoms with Crippen molar-refractivity contribution in [3.05, 3.63) is 53.6 Å². The van der Waals surface area contributed by atoms with Gasteiger partial charge < -0.3 is 25.2 Å². The predicted octanol–water partition coefficient (Wildman–Crippen LogP) is 5.09. The predicted molar refractivity (Wildman–Crippen MR) is 117 cm³/mol. The van der Waals surface area contributed by atoms with E-state index in [0.29, 0.717) is 24.0 Å². The second-order valence-electron chi connectivity index (χ2n) is 7.47. The number of rotatable bonds is 10. The van der Waals surface area contributed by atoms with Crippen molar-refractivity contribution in [1.82, 2.24) is 5.32 Å². The lowest BCUT2D eigenvalue weighted by Gasteiger charge is -2.18. The van der Waals surface area contributed by atoms with Crippen LogP contribution < -0.4 is 20.1 Å². The van der Waals surface area contributed by atoms with Gasteiger partial charge >= 0.3 is 12.0 Å². The lowest BCUT2D eigenvalue weighted by Crippen LogP contribution is -2.31. The highest BCUT2D eigenvalue weighted by atomic mass is 16.5. The number of urea groups is 1. The average Bonchev–Trinajstić information content (AvgIpc) is 2.71. The monoisotopic (exact) mass is 414 g/mol. The van der Waals surface area contributed by atoms with Gasteiger partial charge in [0, 0.05) is 12.1 Å². The van der Waals surface area contributed by atoms with Crippen molar-refractivity contribution in [2.24, 2.45) is 5.92 Å². The number of ether oxygens (including phenoxy) is 2. The Balaban J connectivity index is 2.16. The van der Waals surface area contributed by atoms with E-state index in [1.807, 2.05) is 37.3 Å². The molecule has 2 aromatic rings. The number of carboxylic acid groups (broad SMARTS) is 1. The fraction of sp³-hybridized carbons (Fsp3) is 0.391. The number of benzene rings is 2. The molecule has 0 aromatic heterocycles. The van der Waals surface area contributed by atoms with E-state index in [4.69, 9.17) is 9.47 Å². The van der Waals surface area contributed by atoms with Gasteiger partial charge in [0.05, 0.1) is 31.0 Å². The van der Waals surface area contributed by atoms with Crippen molar-refractivity contribution in [2.75, 3.05) is 19.0 Å². The Hall–Kier alpha value is -3.22. The van der Waals surface area contributed by atoms with E-state index in [0.717, 1.165) is 18.4 Å². The zero-order chi connectivity index (χ0) is 22.1. The van der Waals surface area contributed by atoms with Gasteiger partial charge in [-0.05, 0) is 31.2 Å². The highest BCUT2D eigenvalue weighted by Crippen LogP contribution is 2.34. The van der Waals surface area contributed by atoms with E-state index in [9.17, 15) is 14.7 Å². The van der Waals surface area contributed by atoms with Crippen LogP contribution in [-0.4, -0.2) is 30.8 Å². The first-order valence-corrected chi connectivity index (χ1v) is 10.0. The van der Waals surface area contributed by atoms with E-state index in [1.165, 1.54) is 19.2 Å². The van der Waals surface area contributed by atoms with Gasteiger partial charge in [-0.1, -0.05) is 44.2 Å². The first-order valence-electron chi connectivity index (χ1n) is 10.0. The molecule has 7 heteroatoms. The molecule has 30 heavy (non-hydrogen) atoms. The molecule has 0 aliphatic rings. The van der Waals surface area contributed by atoms with Crippen molar-refractivity contribution in [3.8, 4) is 11.5 Å². The Bertz CT molecular complexity index is 852. The van der Waals surface area contributed by atoms with E-state index >= 15 is 0 Å². The van der Waals surface area contributed by atoms with Crippen molar-refractivity contribution in [2.45, 2.75) is 39.7 Å². The summed E-state index contributed by atoms with van der Waals surface area (Å²) < 4.78 is 11.1. The third-order valence-corrected chi connectivity index (χ3v) is 4.61. The number of nitrogens with one attached hydrogen (secondary N) is 2. The minimum absolute atomic E-state index is 0.0797.